The van der Waals surface area contributed by atoms with Gasteiger partial charge in [-0.2, -0.15) is 0 Å². The average molecular weight is 414 g/mol. The smallest absolute Gasteiger partial charge is 0.289 e. The van der Waals surface area contributed by atoms with Crippen molar-refractivity contribution in [2.45, 2.75) is 0 Å². The minimum absolute atomic E-state index is 0.0744. The molecule has 0 atom stereocenters. The van der Waals surface area contributed by atoms with E-state index in [0.29, 0.717) is 43.1 Å². The lowest BCUT2D eigenvalue weighted by molar-refractivity contribution is 0.0519. The average Bonchev–Trinajstić information content (AvgIpc) is 3.11. The quantitative estimate of drug-likeness (QED) is 0.646. The van der Waals surface area contributed by atoms with Crippen LogP contribution in [0.25, 0.3) is 11.0 Å². The number of aromatic nitrogens is 1. The molecule has 1 aliphatic heterocycles. The molecule has 2 amide bonds. The van der Waals surface area contributed by atoms with Crippen molar-refractivity contribution in [1.82, 2.24) is 14.8 Å². The van der Waals surface area contributed by atoms with Gasteiger partial charge in [-0.05, 0) is 34.1 Å². The molecule has 0 saturated carbocycles. The highest BCUT2D eigenvalue weighted by atomic mass is 79.9. The summed E-state index contributed by atoms with van der Waals surface area (Å²) < 4.78 is 6.42. The monoisotopic (exact) mass is 413 g/mol. The fourth-order valence-corrected chi connectivity index (χ4v) is 3.43. The largest absolute Gasteiger partial charge is 0.451 e. The molecule has 1 aliphatic rings. The van der Waals surface area contributed by atoms with Crippen molar-refractivity contribution in [3.63, 3.8) is 0 Å². The normalized spacial score (nSPS) is 14.7. The van der Waals surface area contributed by atoms with Crippen LogP contribution in [0.15, 0.2) is 57.7 Å². The number of para-hydroxylation sites is 1. The second kappa shape index (κ2) is 6.92. The Kier molecular flexibility index (Phi) is 4.46. The fourth-order valence-electron chi connectivity index (χ4n) is 3.07. The third-order valence-corrected chi connectivity index (χ3v) is 4.88. The van der Waals surface area contributed by atoms with Gasteiger partial charge >= 0.3 is 0 Å². The Morgan fingerprint density at radius 3 is 2.35 bits per heavy atom. The Bertz CT molecular complexity index is 944. The molecule has 1 saturated heterocycles. The third-order valence-electron chi connectivity index (χ3n) is 4.44. The van der Waals surface area contributed by atoms with Crippen molar-refractivity contribution in [2.75, 3.05) is 26.2 Å². The summed E-state index contributed by atoms with van der Waals surface area (Å²) in [5.74, 6) is 0.120. The molecule has 0 radical (unpaired) electrons. The lowest BCUT2D eigenvalue weighted by Crippen LogP contribution is -2.50. The topological polar surface area (TPSA) is 66.7 Å². The Morgan fingerprint density at radius 1 is 0.962 bits per heavy atom. The van der Waals surface area contributed by atoms with Crippen LogP contribution in [0.1, 0.15) is 20.9 Å². The van der Waals surface area contributed by atoms with Crippen molar-refractivity contribution in [3.05, 3.63) is 64.6 Å². The van der Waals surface area contributed by atoms with E-state index >= 15 is 0 Å². The summed E-state index contributed by atoms with van der Waals surface area (Å²) in [6.07, 6.45) is 3.19. The summed E-state index contributed by atoms with van der Waals surface area (Å²) >= 11 is 3.33. The van der Waals surface area contributed by atoms with E-state index in [9.17, 15) is 9.59 Å². The fraction of sp³-hybridized carbons (Fsp3) is 0.211. The van der Waals surface area contributed by atoms with E-state index in [1.54, 1.807) is 34.3 Å². The van der Waals surface area contributed by atoms with Crippen LogP contribution in [0.2, 0.25) is 0 Å². The van der Waals surface area contributed by atoms with Crippen LogP contribution < -0.4 is 0 Å². The number of amides is 2. The van der Waals surface area contributed by atoms with E-state index in [0.717, 1.165) is 9.86 Å². The van der Waals surface area contributed by atoms with Gasteiger partial charge in [-0.1, -0.05) is 18.2 Å². The van der Waals surface area contributed by atoms with E-state index < -0.39 is 0 Å². The van der Waals surface area contributed by atoms with Crippen LogP contribution in [0.5, 0.6) is 0 Å². The molecule has 3 aromatic rings. The number of fused-ring (bicyclic) bond motifs is 1. The predicted octanol–water partition coefficient (Wildman–Crippen LogP) is 3.19. The van der Waals surface area contributed by atoms with Gasteiger partial charge in [0, 0.05) is 48.4 Å². The summed E-state index contributed by atoms with van der Waals surface area (Å²) in [5, 5.41) is 0.909. The molecular weight excluding hydrogens is 398 g/mol. The summed E-state index contributed by atoms with van der Waals surface area (Å²) in [6, 6.07) is 11.1. The van der Waals surface area contributed by atoms with Crippen LogP contribution >= 0.6 is 15.9 Å². The number of halogens is 1. The molecule has 3 heterocycles. The number of carbonyl (C=O) groups is 2. The standard InChI is InChI=1S/C19H16BrN3O3/c20-15-9-14(11-21-12-15)18(24)22-5-7-23(8-6-22)19(25)17-10-13-3-1-2-4-16(13)26-17/h1-4,9-12H,5-8H2. The lowest BCUT2D eigenvalue weighted by atomic mass is 10.2. The number of hydrogen-bond acceptors (Lipinski definition) is 4. The zero-order valence-corrected chi connectivity index (χ0v) is 15.5. The van der Waals surface area contributed by atoms with Crippen molar-refractivity contribution in [1.29, 1.82) is 0 Å². The zero-order valence-electron chi connectivity index (χ0n) is 13.9. The summed E-state index contributed by atoms with van der Waals surface area (Å²) in [6.45, 7) is 1.92. The first-order valence-corrected chi connectivity index (χ1v) is 9.09. The van der Waals surface area contributed by atoms with Crippen LogP contribution in [-0.2, 0) is 0 Å². The molecule has 132 valence electrons. The lowest BCUT2D eigenvalue weighted by Gasteiger charge is -2.34. The maximum Gasteiger partial charge on any atom is 0.289 e. The number of piperazine rings is 1. The Balaban J connectivity index is 1.43. The minimum atomic E-state index is -0.141. The molecule has 7 heteroatoms. The summed E-state index contributed by atoms with van der Waals surface area (Å²) in [5.41, 5.74) is 1.24. The van der Waals surface area contributed by atoms with E-state index in [-0.39, 0.29) is 11.8 Å². The van der Waals surface area contributed by atoms with Gasteiger partial charge in [-0.15, -0.1) is 0 Å². The molecule has 2 aromatic heterocycles. The van der Waals surface area contributed by atoms with E-state index in [1.165, 1.54) is 0 Å². The molecule has 4 rings (SSSR count). The number of carbonyl (C=O) groups excluding carboxylic acids is 2. The van der Waals surface area contributed by atoms with Gasteiger partial charge in [-0.25, -0.2) is 0 Å². The highest BCUT2D eigenvalue weighted by Crippen LogP contribution is 2.21. The Labute approximate surface area is 158 Å². The van der Waals surface area contributed by atoms with Crippen molar-refractivity contribution >= 4 is 38.7 Å². The van der Waals surface area contributed by atoms with Crippen LogP contribution in [-0.4, -0.2) is 52.8 Å². The molecule has 6 nitrogen and oxygen atoms in total. The van der Waals surface area contributed by atoms with E-state index in [1.807, 2.05) is 24.3 Å². The van der Waals surface area contributed by atoms with Gasteiger partial charge in [0.2, 0.25) is 0 Å². The van der Waals surface area contributed by atoms with Crippen molar-refractivity contribution < 1.29 is 14.0 Å². The maximum absolute atomic E-state index is 12.7. The first-order valence-electron chi connectivity index (χ1n) is 8.29. The van der Waals surface area contributed by atoms with Gasteiger partial charge in [-0.3, -0.25) is 14.6 Å². The first-order chi connectivity index (χ1) is 12.6. The number of rotatable bonds is 2. The molecule has 0 aliphatic carbocycles. The van der Waals surface area contributed by atoms with Gasteiger partial charge in [0.25, 0.3) is 11.8 Å². The van der Waals surface area contributed by atoms with Crippen molar-refractivity contribution in [2.24, 2.45) is 0 Å². The predicted molar refractivity (Wildman–Crippen MR) is 100.0 cm³/mol. The molecule has 1 aromatic carbocycles. The highest BCUT2D eigenvalue weighted by molar-refractivity contribution is 9.10. The second-order valence-corrected chi connectivity index (χ2v) is 7.04. The molecule has 26 heavy (non-hydrogen) atoms. The molecule has 0 N–H and O–H groups in total. The maximum atomic E-state index is 12.7. The molecule has 0 unspecified atom stereocenters. The van der Waals surface area contributed by atoms with Crippen LogP contribution in [0.3, 0.4) is 0 Å². The minimum Gasteiger partial charge on any atom is -0.451 e. The van der Waals surface area contributed by atoms with Gasteiger partial charge in [0.15, 0.2) is 5.76 Å². The number of pyridine rings is 1. The SMILES string of the molecule is O=C(c1cncc(Br)c1)N1CCN(C(=O)c2cc3ccccc3o2)CC1. The van der Waals surface area contributed by atoms with Gasteiger partial charge in [0.05, 0.1) is 5.56 Å². The second-order valence-electron chi connectivity index (χ2n) is 6.12. The van der Waals surface area contributed by atoms with Crippen LogP contribution in [0.4, 0.5) is 0 Å². The molecular formula is C19H16BrN3O3. The van der Waals surface area contributed by atoms with E-state index in [2.05, 4.69) is 20.9 Å². The van der Waals surface area contributed by atoms with Gasteiger partial charge < -0.3 is 14.2 Å². The van der Waals surface area contributed by atoms with E-state index in [4.69, 9.17) is 4.42 Å². The number of nitrogens with zero attached hydrogens (tertiary/aromatic N) is 3. The Hall–Kier alpha value is -2.67. The third kappa shape index (κ3) is 3.22. The zero-order chi connectivity index (χ0) is 18.1. The summed E-state index contributed by atoms with van der Waals surface area (Å²) in [4.78, 5) is 32.7. The first kappa shape index (κ1) is 16.8. The number of benzene rings is 1. The number of hydrogen-bond donors (Lipinski definition) is 0. The highest BCUT2D eigenvalue weighted by Gasteiger charge is 2.27. The molecule has 1 fully saturated rings. The summed E-state index contributed by atoms with van der Waals surface area (Å²) in [7, 11) is 0. The number of furan rings is 1. The van der Waals surface area contributed by atoms with Gasteiger partial charge in [0.1, 0.15) is 5.58 Å². The molecule has 0 spiro atoms. The molecule has 0 bridgehead atoms. The van der Waals surface area contributed by atoms with Crippen LogP contribution in [0, 0.1) is 0 Å². The Morgan fingerprint density at radius 2 is 1.65 bits per heavy atom. The van der Waals surface area contributed by atoms with Crippen molar-refractivity contribution in [3.8, 4) is 0 Å².